The van der Waals surface area contributed by atoms with Gasteiger partial charge in [-0.05, 0) is 74.2 Å². The first kappa shape index (κ1) is 22.9. The van der Waals surface area contributed by atoms with Crippen LogP contribution in [0.1, 0.15) is 27.9 Å². The van der Waals surface area contributed by atoms with Crippen molar-refractivity contribution in [2.45, 2.75) is 33.7 Å². The predicted molar refractivity (Wildman–Crippen MR) is 138 cm³/mol. The van der Waals surface area contributed by atoms with E-state index in [4.69, 9.17) is 13.6 Å². The Balaban J connectivity index is 1.43. The number of nitrogens with one attached hydrogen (secondary N) is 1. The van der Waals surface area contributed by atoms with Crippen LogP contribution >= 0.6 is 0 Å². The molecule has 0 fully saturated rings. The van der Waals surface area contributed by atoms with E-state index in [1.807, 2.05) is 57.3 Å². The molecule has 0 radical (unpaired) electrons. The second kappa shape index (κ2) is 9.39. The van der Waals surface area contributed by atoms with Gasteiger partial charge in [-0.25, -0.2) is 4.79 Å². The molecule has 35 heavy (non-hydrogen) atoms. The van der Waals surface area contributed by atoms with Gasteiger partial charge < -0.3 is 18.9 Å². The minimum absolute atomic E-state index is 0.392. The quantitative estimate of drug-likeness (QED) is 0.238. The van der Waals surface area contributed by atoms with Gasteiger partial charge >= 0.3 is 5.63 Å². The number of ether oxygens (including phenoxy) is 1. The average Bonchev–Trinajstić information content (AvgIpc) is 3.32. The summed E-state index contributed by atoms with van der Waals surface area (Å²) in [4.78, 5) is 16.9. The predicted octanol–water partition coefficient (Wildman–Crippen LogP) is 5.87. The smallest absolute Gasteiger partial charge is 0.336 e. The van der Waals surface area contributed by atoms with Gasteiger partial charge in [0.25, 0.3) is 0 Å². The first-order valence-electron chi connectivity index (χ1n) is 11.7. The standard InChI is InChI=1S/C29H28N2O4/c1-17-5-10-23-25(14-27(32)35-28(23)18(17)2)26-13-24-21(16-31-19(3)29(24)34-26)15-30-12-11-20-6-8-22(33-4)9-7-20/h5-10,13-14,16,30H,11-12,15H2,1-4H3. The second-order valence-electron chi connectivity index (χ2n) is 8.86. The zero-order chi connectivity index (χ0) is 24.5. The second-order valence-corrected chi connectivity index (χ2v) is 8.86. The normalized spacial score (nSPS) is 11.4. The molecule has 0 unspecified atom stereocenters. The molecule has 0 spiro atoms. The minimum Gasteiger partial charge on any atom is -0.497 e. The zero-order valence-electron chi connectivity index (χ0n) is 20.4. The first-order chi connectivity index (χ1) is 16.9. The van der Waals surface area contributed by atoms with Gasteiger partial charge in [-0.3, -0.25) is 4.98 Å². The number of rotatable bonds is 7. The van der Waals surface area contributed by atoms with Gasteiger partial charge in [0.15, 0.2) is 5.58 Å². The fraction of sp³-hybridized carbons (Fsp3) is 0.241. The molecule has 3 heterocycles. The van der Waals surface area contributed by atoms with E-state index in [1.165, 1.54) is 11.6 Å². The highest BCUT2D eigenvalue weighted by Gasteiger charge is 2.17. The van der Waals surface area contributed by atoms with Crippen molar-refractivity contribution >= 4 is 21.9 Å². The minimum atomic E-state index is -0.392. The number of nitrogens with zero attached hydrogens (tertiary/aromatic N) is 1. The van der Waals surface area contributed by atoms with Crippen LogP contribution in [-0.4, -0.2) is 18.6 Å². The number of pyridine rings is 1. The highest BCUT2D eigenvalue weighted by molar-refractivity contribution is 5.97. The fourth-order valence-electron chi connectivity index (χ4n) is 4.39. The summed E-state index contributed by atoms with van der Waals surface area (Å²) in [7, 11) is 1.67. The van der Waals surface area contributed by atoms with Gasteiger partial charge in [0, 0.05) is 35.1 Å². The van der Waals surface area contributed by atoms with Gasteiger partial charge in [0.05, 0.1) is 12.8 Å². The molecule has 2 aromatic carbocycles. The molecular weight excluding hydrogens is 440 g/mol. The highest BCUT2D eigenvalue weighted by Crippen LogP contribution is 2.35. The lowest BCUT2D eigenvalue weighted by Crippen LogP contribution is -2.17. The molecule has 0 bridgehead atoms. The van der Waals surface area contributed by atoms with Crippen LogP contribution in [0.5, 0.6) is 5.75 Å². The molecule has 0 amide bonds. The molecule has 0 atom stereocenters. The van der Waals surface area contributed by atoms with Gasteiger partial charge in [0.1, 0.15) is 17.1 Å². The van der Waals surface area contributed by atoms with Crippen LogP contribution in [0.2, 0.25) is 0 Å². The van der Waals surface area contributed by atoms with Crippen molar-refractivity contribution in [2.75, 3.05) is 13.7 Å². The third-order valence-corrected chi connectivity index (χ3v) is 6.58. The Morgan fingerprint density at radius 3 is 2.51 bits per heavy atom. The van der Waals surface area contributed by atoms with E-state index in [9.17, 15) is 4.79 Å². The number of aromatic nitrogens is 1. The Morgan fingerprint density at radius 1 is 0.943 bits per heavy atom. The van der Waals surface area contributed by atoms with E-state index in [2.05, 4.69) is 22.4 Å². The maximum atomic E-state index is 12.4. The monoisotopic (exact) mass is 468 g/mol. The highest BCUT2D eigenvalue weighted by atomic mass is 16.5. The summed E-state index contributed by atoms with van der Waals surface area (Å²) in [5, 5.41) is 5.37. The molecule has 0 aliphatic rings. The van der Waals surface area contributed by atoms with Crippen molar-refractivity contribution < 1.29 is 13.6 Å². The summed E-state index contributed by atoms with van der Waals surface area (Å²) in [5.41, 5.74) is 6.81. The van der Waals surface area contributed by atoms with Crippen LogP contribution < -0.4 is 15.7 Å². The lowest BCUT2D eigenvalue weighted by molar-refractivity contribution is 0.414. The number of methoxy groups -OCH3 is 1. The van der Waals surface area contributed by atoms with Crippen molar-refractivity contribution in [1.29, 1.82) is 0 Å². The van der Waals surface area contributed by atoms with E-state index in [0.717, 1.165) is 63.0 Å². The molecule has 1 N–H and O–H groups in total. The van der Waals surface area contributed by atoms with E-state index >= 15 is 0 Å². The number of benzene rings is 2. The number of hydrogen-bond acceptors (Lipinski definition) is 6. The third kappa shape index (κ3) is 4.45. The van der Waals surface area contributed by atoms with Crippen molar-refractivity contribution in [3.05, 3.63) is 93.1 Å². The molecule has 6 nitrogen and oxygen atoms in total. The summed E-state index contributed by atoms with van der Waals surface area (Å²) >= 11 is 0. The van der Waals surface area contributed by atoms with Crippen LogP contribution in [-0.2, 0) is 13.0 Å². The van der Waals surface area contributed by atoms with Crippen molar-refractivity contribution in [3.63, 3.8) is 0 Å². The number of hydrogen-bond donors (Lipinski definition) is 1. The number of aryl methyl sites for hydroxylation is 3. The summed E-state index contributed by atoms with van der Waals surface area (Å²) in [6, 6.07) is 15.7. The Kier molecular flexibility index (Phi) is 6.14. The van der Waals surface area contributed by atoms with E-state index < -0.39 is 5.63 Å². The number of furan rings is 1. The third-order valence-electron chi connectivity index (χ3n) is 6.58. The molecule has 0 saturated carbocycles. The Bertz CT molecular complexity index is 1580. The van der Waals surface area contributed by atoms with Crippen LogP contribution in [0.3, 0.4) is 0 Å². The largest absolute Gasteiger partial charge is 0.497 e. The molecule has 0 saturated heterocycles. The first-order valence-corrected chi connectivity index (χ1v) is 11.7. The van der Waals surface area contributed by atoms with Crippen molar-refractivity contribution in [3.8, 4) is 17.1 Å². The zero-order valence-corrected chi connectivity index (χ0v) is 20.4. The van der Waals surface area contributed by atoms with Crippen LogP contribution in [0, 0.1) is 20.8 Å². The van der Waals surface area contributed by atoms with Crippen LogP contribution in [0.4, 0.5) is 0 Å². The lowest BCUT2D eigenvalue weighted by atomic mass is 10.0. The summed E-state index contributed by atoms with van der Waals surface area (Å²) < 4.78 is 17.0. The molecule has 5 aromatic rings. The summed E-state index contributed by atoms with van der Waals surface area (Å²) in [6.45, 7) is 7.39. The number of fused-ring (bicyclic) bond motifs is 2. The Morgan fingerprint density at radius 2 is 1.74 bits per heavy atom. The molecule has 6 heteroatoms. The molecule has 0 aliphatic heterocycles. The topological polar surface area (TPSA) is 77.5 Å². The van der Waals surface area contributed by atoms with Gasteiger partial charge in [0.2, 0.25) is 0 Å². The van der Waals surface area contributed by atoms with Gasteiger partial charge in [-0.1, -0.05) is 24.3 Å². The lowest BCUT2D eigenvalue weighted by Gasteiger charge is -2.07. The molecule has 178 valence electrons. The summed E-state index contributed by atoms with van der Waals surface area (Å²) in [5.74, 6) is 1.50. The van der Waals surface area contributed by atoms with E-state index in [-0.39, 0.29) is 0 Å². The fourth-order valence-corrected chi connectivity index (χ4v) is 4.39. The van der Waals surface area contributed by atoms with Gasteiger partial charge in [-0.15, -0.1) is 0 Å². The molecule has 5 rings (SSSR count). The average molecular weight is 469 g/mol. The van der Waals surface area contributed by atoms with E-state index in [1.54, 1.807) is 7.11 Å². The molecule has 0 aliphatic carbocycles. The van der Waals surface area contributed by atoms with E-state index in [0.29, 0.717) is 17.9 Å². The molecule has 3 aromatic heterocycles. The summed E-state index contributed by atoms with van der Waals surface area (Å²) in [6.07, 6.45) is 2.80. The molecular formula is C29H28N2O4. The van der Waals surface area contributed by atoms with Crippen LogP contribution in [0.15, 0.2) is 68.4 Å². The van der Waals surface area contributed by atoms with Crippen LogP contribution in [0.25, 0.3) is 33.3 Å². The van der Waals surface area contributed by atoms with Crippen molar-refractivity contribution in [2.24, 2.45) is 0 Å². The maximum Gasteiger partial charge on any atom is 0.336 e. The van der Waals surface area contributed by atoms with Gasteiger partial charge in [-0.2, -0.15) is 0 Å². The van der Waals surface area contributed by atoms with Crippen molar-refractivity contribution in [1.82, 2.24) is 10.3 Å². The Hall–Kier alpha value is -3.90. The SMILES string of the molecule is COc1ccc(CCNCc2cnc(C)c3oc(-c4cc(=O)oc5c(C)c(C)ccc45)cc23)cc1. The Labute approximate surface area is 203 Å². The maximum absolute atomic E-state index is 12.4.